The van der Waals surface area contributed by atoms with Crippen LogP contribution in [0, 0.1) is 0 Å². The van der Waals surface area contributed by atoms with Crippen LogP contribution in [0.5, 0.6) is 23.0 Å². The maximum Gasteiger partial charge on any atom is 2.00 e. The number of para-hydroxylation sites is 2. The van der Waals surface area contributed by atoms with Crippen LogP contribution in [0.2, 0.25) is 0 Å². The second kappa shape index (κ2) is 30.3. The Labute approximate surface area is 288 Å². The molecule has 40 heavy (non-hydrogen) atoms. The Balaban J connectivity index is -0.000000259. The van der Waals surface area contributed by atoms with E-state index < -0.39 is 0 Å². The van der Waals surface area contributed by atoms with Crippen LogP contribution in [0.3, 0.4) is 0 Å². The Morgan fingerprint density at radius 1 is 0.750 bits per heavy atom. The molecule has 0 atom stereocenters. The van der Waals surface area contributed by atoms with Gasteiger partial charge in [0.25, 0.3) is 0 Å². The first-order chi connectivity index (χ1) is 18.1. The fourth-order valence-electron chi connectivity index (χ4n) is 2.43. The molecule has 0 spiro atoms. The summed E-state index contributed by atoms with van der Waals surface area (Å²) in [6.07, 6.45) is 3.21. The third kappa shape index (κ3) is 23.1. The summed E-state index contributed by atoms with van der Waals surface area (Å²) in [6.45, 7) is 3.11. The van der Waals surface area contributed by atoms with E-state index in [0.29, 0.717) is 35.7 Å². The number of aliphatic imine (C=N–C) groups is 2. The predicted molar refractivity (Wildman–Crippen MR) is 159 cm³/mol. The van der Waals surface area contributed by atoms with E-state index in [4.69, 9.17) is 20.3 Å². The third-order valence-corrected chi connectivity index (χ3v) is 4.27. The van der Waals surface area contributed by atoms with Gasteiger partial charge in [-0.1, -0.05) is 60.2 Å². The molecule has 0 unspecified atom stereocenters. The molecule has 2 aromatic carbocycles. The number of thiocarbonyl (C=S) groups is 2. The van der Waals surface area contributed by atoms with Crippen LogP contribution in [0.1, 0.15) is 11.1 Å². The first-order valence-corrected chi connectivity index (χ1v) is 11.9. The molecule has 2 rings (SSSR count). The zero-order chi connectivity index (χ0) is 29.3. The normalized spacial score (nSPS) is 9.40. The van der Waals surface area contributed by atoms with Gasteiger partial charge in [-0.05, 0) is 51.5 Å². The van der Waals surface area contributed by atoms with Crippen molar-refractivity contribution in [3.63, 3.8) is 0 Å². The molecule has 0 aliphatic heterocycles. The number of hydrogen-bond acceptors (Lipinski definition) is 10. The Hall–Kier alpha value is -1.66. The van der Waals surface area contributed by atoms with Gasteiger partial charge >= 0.3 is 54.6 Å². The maximum absolute atomic E-state index is 11.7. The van der Waals surface area contributed by atoms with E-state index in [2.05, 4.69) is 34.4 Å². The fraction of sp³-hybridized carbons (Fsp3) is 0.385. The van der Waals surface area contributed by atoms with Gasteiger partial charge in [0.1, 0.15) is 11.5 Å². The minimum atomic E-state index is -0.112. The van der Waals surface area contributed by atoms with Gasteiger partial charge in [-0.25, -0.2) is 0 Å². The van der Waals surface area contributed by atoms with E-state index in [-0.39, 0.29) is 66.1 Å². The third-order valence-electron chi connectivity index (χ3n) is 4.27. The van der Waals surface area contributed by atoms with Crippen molar-refractivity contribution < 1.29 is 74.3 Å². The summed E-state index contributed by atoms with van der Waals surface area (Å²) in [5.41, 5.74) is 1.14. The van der Waals surface area contributed by atoms with Crippen molar-refractivity contribution in [1.29, 1.82) is 0 Å². The molecule has 0 aromatic heterocycles. The zero-order valence-electron chi connectivity index (χ0n) is 24.0. The number of nitrogens with zero attached hydrogens (tertiary/aromatic N) is 6. The largest absolute Gasteiger partial charge is 2.00 e. The summed E-state index contributed by atoms with van der Waals surface area (Å²) < 4.78 is 9.90. The molecule has 0 fully saturated rings. The summed E-state index contributed by atoms with van der Waals surface area (Å²) in [7, 11) is 10.9. The number of benzene rings is 2. The van der Waals surface area contributed by atoms with E-state index >= 15 is 0 Å². The maximum atomic E-state index is 11.7. The van der Waals surface area contributed by atoms with Gasteiger partial charge in [0.05, 0.1) is 27.3 Å². The average molecular weight is 784 g/mol. The number of isothiocyanates is 2. The van der Waals surface area contributed by atoms with Crippen molar-refractivity contribution in [3.05, 3.63) is 58.3 Å². The van der Waals surface area contributed by atoms with E-state index in [1.807, 2.05) is 38.0 Å². The molecular weight excluding hydrogens is 749 g/mol. The smallest absolute Gasteiger partial charge is 0.870 e. The van der Waals surface area contributed by atoms with Gasteiger partial charge in [0.15, 0.2) is 0 Å². The van der Waals surface area contributed by atoms with Crippen LogP contribution in [0.4, 0.5) is 0 Å². The zero-order valence-corrected chi connectivity index (χ0v) is 33.7. The quantitative estimate of drug-likeness (QED) is 0.204. The van der Waals surface area contributed by atoms with Crippen LogP contribution in [0.25, 0.3) is 10.8 Å². The Morgan fingerprint density at radius 3 is 1.30 bits per heavy atom. The average Bonchev–Trinajstić information content (AvgIpc) is 2.87. The van der Waals surface area contributed by atoms with Gasteiger partial charge in [0.2, 0.25) is 0 Å². The summed E-state index contributed by atoms with van der Waals surface area (Å²) in [5.74, 6) is 0.491. The van der Waals surface area contributed by atoms with Crippen molar-refractivity contribution in [2.24, 2.45) is 9.98 Å². The molecule has 0 saturated carbocycles. The van der Waals surface area contributed by atoms with Gasteiger partial charge in [-0.15, -0.1) is 0 Å². The van der Waals surface area contributed by atoms with Gasteiger partial charge in [-0.3, -0.25) is 9.98 Å². The minimum absolute atomic E-state index is 0. The van der Waals surface area contributed by atoms with Crippen LogP contribution in [0.15, 0.2) is 46.4 Å². The SMILES string of the molecule is COc1cccc(C=NCCN(C)C)c1[O-].COc1cccc(C=NCCN(C)C)c1[O-].[Cd+2].[Cd+2].[N-]=C=S.[N-]=C=S. The van der Waals surface area contributed by atoms with Crippen molar-refractivity contribution in [2.75, 3.05) is 68.6 Å². The second-order valence-electron chi connectivity index (χ2n) is 7.62. The second-order valence-corrected chi connectivity index (χ2v) is 7.98. The van der Waals surface area contributed by atoms with Gasteiger partial charge in [0, 0.05) is 25.5 Å². The summed E-state index contributed by atoms with van der Waals surface area (Å²) in [5, 5.41) is 40.3. The van der Waals surface area contributed by atoms with Crippen molar-refractivity contribution in [1.82, 2.24) is 9.80 Å². The fourth-order valence-corrected chi connectivity index (χ4v) is 2.43. The molecule has 2 aromatic rings. The van der Waals surface area contributed by atoms with E-state index in [1.54, 1.807) is 48.8 Å². The first-order valence-electron chi connectivity index (χ1n) is 11.1. The van der Waals surface area contributed by atoms with E-state index in [1.165, 1.54) is 24.5 Å². The van der Waals surface area contributed by atoms with Gasteiger partial charge in [-0.2, -0.15) is 10.3 Å². The van der Waals surface area contributed by atoms with E-state index in [0.717, 1.165) is 13.1 Å². The molecule has 0 bridgehead atoms. The minimum Gasteiger partial charge on any atom is -0.870 e. The molecule has 0 radical (unpaired) electrons. The molecular formula is C26H34Cd2N6O4S2. The molecule has 0 amide bonds. The molecule has 0 N–H and O–H groups in total. The molecule has 14 heteroatoms. The van der Waals surface area contributed by atoms with Crippen LogP contribution in [-0.4, -0.2) is 101 Å². The number of ether oxygens (including phenoxy) is 2. The van der Waals surface area contributed by atoms with Crippen LogP contribution >= 0.6 is 24.4 Å². The van der Waals surface area contributed by atoms with Crippen molar-refractivity contribution in [3.8, 4) is 23.0 Å². The molecule has 0 aliphatic rings. The first kappa shape index (κ1) is 45.3. The number of hydrogen-bond donors (Lipinski definition) is 0. The van der Waals surface area contributed by atoms with Crippen molar-refractivity contribution in [2.45, 2.75) is 0 Å². The molecule has 208 valence electrons. The number of rotatable bonds is 10. The molecule has 10 nitrogen and oxygen atoms in total. The van der Waals surface area contributed by atoms with Crippen LogP contribution < -0.4 is 19.7 Å². The number of likely N-dealkylation sites (N-methyl/N-ethyl adjacent to an activating group) is 2. The predicted octanol–water partition coefficient (Wildman–Crippen LogP) is 2.81. The van der Waals surface area contributed by atoms with Crippen molar-refractivity contribution >= 4 is 47.2 Å². The standard InChI is InChI=1S/2C12H18N2O2.2CNS.2Cd/c2*1-14(2)8-7-13-9-10-5-4-6-11(16-3)12(10)15;2*2-1-3;;/h2*4-6,9,15H,7-8H2,1-3H3;;;;/q;;2*-1;2*+2/p-2. The Bertz CT molecular complexity index is 978. The van der Waals surface area contributed by atoms with Crippen LogP contribution in [-0.2, 0) is 54.6 Å². The Kier molecular flexibility index (Phi) is 34.3. The molecule has 0 aliphatic carbocycles. The van der Waals surface area contributed by atoms with E-state index in [9.17, 15) is 10.2 Å². The molecule has 0 heterocycles. The monoisotopic (exact) mass is 786 g/mol. The number of methoxy groups -OCH3 is 2. The topological polar surface area (TPSA) is 140 Å². The Morgan fingerprint density at radius 2 is 1.05 bits per heavy atom. The summed E-state index contributed by atoms with van der Waals surface area (Å²) in [6, 6.07) is 10.4. The van der Waals surface area contributed by atoms with Gasteiger partial charge < -0.3 is 40.3 Å². The molecule has 0 saturated heterocycles. The summed E-state index contributed by atoms with van der Waals surface area (Å²) in [4.78, 5) is 12.5. The summed E-state index contributed by atoms with van der Waals surface area (Å²) >= 11 is 7.40.